The average molecular weight is 265 g/mol. The highest BCUT2D eigenvalue weighted by Gasteiger charge is 2.14. The Morgan fingerprint density at radius 1 is 1.42 bits per heavy atom. The van der Waals surface area contributed by atoms with E-state index in [0.29, 0.717) is 12.1 Å². The maximum absolute atomic E-state index is 13.3. The highest BCUT2D eigenvalue weighted by molar-refractivity contribution is 5.79. The number of imidazole rings is 1. The van der Waals surface area contributed by atoms with Crippen molar-refractivity contribution in [1.29, 1.82) is 0 Å². The monoisotopic (exact) mass is 265 g/mol. The van der Waals surface area contributed by atoms with E-state index in [-0.39, 0.29) is 12.4 Å². The number of halogens is 1. The molecular formula is C14H20FN3O. The lowest BCUT2D eigenvalue weighted by molar-refractivity contribution is 0.278. The van der Waals surface area contributed by atoms with E-state index in [4.69, 9.17) is 0 Å². The Kier molecular flexibility index (Phi) is 4.37. The molecule has 0 bridgehead atoms. The van der Waals surface area contributed by atoms with Gasteiger partial charge >= 0.3 is 0 Å². The maximum Gasteiger partial charge on any atom is 0.206 e. The van der Waals surface area contributed by atoms with Crippen LogP contribution in [0.3, 0.4) is 0 Å². The number of rotatable bonds is 6. The van der Waals surface area contributed by atoms with E-state index in [1.54, 1.807) is 6.07 Å². The van der Waals surface area contributed by atoms with Gasteiger partial charge in [-0.05, 0) is 18.6 Å². The average Bonchev–Trinajstić information content (AvgIpc) is 2.74. The van der Waals surface area contributed by atoms with E-state index in [0.717, 1.165) is 30.9 Å². The molecule has 1 heterocycles. The van der Waals surface area contributed by atoms with Crippen LogP contribution in [-0.4, -0.2) is 34.9 Å². The normalized spacial score (nSPS) is 11.2. The summed E-state index contributed by atoms with van der Waals surface area (Å²) < 4.78 is 15.2. The molecule has 0 atom stereocenters. The quantitative estimate of drug-likeness (QED) is 0.872. The van der Waals surface area contributed by atoms with Crippen molar-refractivity contribution in [3.8, 4) is 0 Å². The minimum atomic E-state index is -0.288. The Hall–Kier alpha value is -1.62. The molecule has 0 fully saturated rings. The molecule has 1 aromatic heterocycles. The number of fused-ring (bicyclic) bond motifs is 1. The van der Waals surface area contributed by atoms with Gasteiger partial charge < -0.3 is 14.6 Å². The first kappa shape index (κ1) is 13.8. The van der Waals surface area contributed by atoms with E-state index >= 15 is 0 Å². The zero-order chi connectivity index (χ0) is 13.8. The fourth-order valence-electron chi connectivity index (χ4n) is 2.20. The standard InChI is InChI=1S/C14H20FN3O/c1-3-4-7-17(2)14-16-12-10-11(15)5-6-13(12)18(14)8-9-19/h5-6,10,19H,3-4,7-9H2,1-2H3. The van der Waals surface area contributed by atoms with Crippen LogP contribution >= 0.6 is 0 Å². The predicted molar refractivity (Wildman–Crippen MR) is 75.0 cm³/mol. The Balaban J connectivity index is 2.43. The summed E-state index contributed by atoms with van der Waals surface area (Å²) in [4.78, 5) is 6.54. The van der Waals surface area contributed by atoms with Crippen LogP contribution in [0.15, 0.2) is 18.2 Å². The lowest BCUT2D eigenvalue weighted by Gasteiger charge is -2.19. The van der Waals surface area contributed by atoms with Gasteiger partial charge in [-0.25, -0.2) is 9.37 Å². The van der Waals surface area contributed by atoms with Crippen molar-refractivity contribution in [2.24, 2.45) is 0 Å². The number of nitrogens with zero attached hydrogens (tertiary/aromatic N) is 3. The molecule has 0 spiro atoms. The molecular weight excluding hydrogens is 245 g/mol. The van der Waals surface area contributed by atoms with Crippen molar-refractivity contribution in [2.75, 3.05) is 25.1 Å². The number of aliphatic hydroxyl groups is 1. The zero-order valence-corrected chi connectivity index (χ0v) is 11.4. The van der Waals surface area contributed by atoms with Gasteiger partial charge in [0.05, 0.1) is 17.6 Å². The summed E-state index contributed by atoms with van der Waals surface area (Å²) in [7, 11) is 1.97. The van der Waals surface area contributed by atoms with Crippen LogP contribution in [0, 0.1) is 5.82 Å². The Morgan fingerprint density at radius 3 is 2.89 bits per heavy atom. The van der Waals surface area contributed by atoms with Crippen molar-refractivity contribution in [3.05, 3.63) is 24.0 Å². The van der Waals surface area contributed by atoms with Gasteiger partial charge in [-0.3, -0.25) is 0 Å². The first-order valence-corrected chi connectivity index (χ1v) is 6.65. The van der Waals surface area contributed by atoms with Crippen LogP contribution in [0.5, 0.6) is 0 Å². The van der Waals surface area contributed by atoms with Gasteiger partial charge in [-0.2, -0.15) is 0 Å². The minimum absolute atomic E-state index is 0.0391. The number of aromatic nitrogens is 2. The lowest BCUT2D eigenvalue weighted by Crippen LogP contribution is -2.23. The molecule has 0 radical (unpaired) electrons. The lowest BCUT2D eigenvalue weighted by atomic mass is 10.3. The minimum Gasteiger partial charge on any atom is -0.395 e. The second-order valence-electron chi connectivity index (χ2n) is 4.70. The summed E-state index contributed by atoms with van der Waals surface area (Å²) in [5.41, 5.74) is 1.49. The van der Waals surface area contributed by atoms with Crippen molar-refractivity contribution < 1.29 is 9.50 Å². The molecule has 0 aliphatic rings. The molecule has 0 saturated heterocycles. The van der Waals surface area contributed by atoms with Gasteiger partial charge in [-0.1, -0.05) is 13.3 Å². The van der Waals surface area contributed by atoms with E-state index in [2.05, 4.69) is 16.8 Å². The van der Waals surface area contributed by atoms with E-state index in [1.807, 2.05) is 11.6 Å². The number of unbranched alkanes of at least 4 members (excludes halogenated alkanes) is 1. The molecule has 0 aliphatic carbocycles. The third-order valence-electron chi connectivity index (χ3n) is 3.20. The van der Waals surface area contributed by atoms with Gasteiger partial charge in [-0.15, -0.1) is 0 Å². The summed E-state index contributed by atoms with van der Waals surface area (Å²) in [5.74, 6) is 0.493. The summed E-state index contributed by atoms with van der Waals surface area (Å²) >= 11 is 0. The van der Waals surface area contributed by atoms with Crippen LogP contribution in [-0.2, 0) is 6.54 Å². The molecule has 0 saturated carbocycles. The topological polar surface area (TPSA) is 41.3 Å². The molecule has 0 amide bonds. The maximum atomic E-state index is 13.3. The third-order valence-corrected chi connectivity index (χ3v) is 3.20. The second kappa shape index (κ2) is 6.02. The molecule has 1 N–H and O–H groups in total. The van der Waals surface area contributed by atoms with Crippen LogP contribution in [0.1, 0.15) is 19.8 Å². The van der Waals surface area contributed by atoms with Crippen molar-refractivity contribution >= 4 is 17.0 Å². The van der Waals surface area contributed by atoms with Gasteiger partial charge in [0.2, 0.25) is 5.95 Å². The molecule has 104 valence electrons. The molecule has 5 heteroatoms. The van der Waals surface area contributed by atoms with Gasteiger partial charge in [0.25, 0.3) is 0 Å². The van der Waals surface area contributed by atoms with E-state index in [9.17, 15) is 9.50 Å². The summed E-state index contributed by atoms with van der Waals surface area (Å²) in [6.07, 6.45) is 2.19. The first-order valence-electron chi connectivity index (χ1n) is 6.65. The number of benzene rings is 1. The van der Waals surface area contributed by atoms with E-state index < -0.39 is 0 Å². The first-order chi connectivity index (χ1) is 9.17. The molecule has 0 unspecified atom stereocenters. The van der Waals surface area contributed by atoms with Crippen LogP contribution in [0.25, 0.3) is 11.0 Å². The van der Waals surface area contributed by atoms with Crippen LogP contribution in [0.2, 0.25) is 0 Å². The summed E-state index contributed by atoms with van der Waals surface area (Å²) in [5, 5.41) is 9.19. The predicted octanol–water partition coefficient (Wildman–Crippen LogP) is 2.40. The van der Waals surface area contributed by atoms with Crippen LogP contribution < -0.4 is 4.90 Å². The number of hydrogen-bond donors (Lipinski definition) is 1. The molecule has 1 aromatic carbocycles. The molecule has 2 rings (SSSR count). The van der Waals surface area contributed by atoms with Gasteiger partial charge in [0.1, 0.15) is 5.82 Å². The summed E-state index contributed by atoms with van der Waals surface area (Å²) in [6.45, 7) is 3.54. The fraction of sp³-hybridized carbons (Fsp3) is 0.500. The highest BCUT2D eigenvalue weighted by atomic mass is 19.1. The van der Waals surface area contributed by atoms with Crippen molar-refractivity contribution in [2.45, 2.75) is 26.3 Å². The van der Waals surface area contributed by atoms with Gasteiger partial charge in [0.15, 0.2) is 0 Å². The number of hydrogen-bond acceptors (Lipinski definition) is 3. The Bertz CT molecular complexity index is 553. The number of aliphatic hydroxyl groups excluding tert-OH is 1. The largest absolute Gasteiger partial charge is 0.395 e. The molecule has 19 heavy (non-hydrogen) atoms. The van der Waals surface area contributed by atoms with Gasteiger partial charge in [0, 0.05) is 26.2 Å². The molecule has 0 aliphatic heterocycles. The van der Waals surface area contributed by atoms with Crippen molar-refractivity contribution in [1.82, 2.24) is 9.55 Å². The zero-order valence-electron chi connectivity index (χ0n) is 11.4. The SMILES string of the molecule is CCCCN(C)c1nc2cc(F)ccc2n1CCO. The van der Waals surface area contributed by atoms with Crippen LogP contribution in [0.4, 0.5) is 10.3 Å². The Morgan fingerprint density at radius 2 is 2.21 bits per heavy atom. The number of anilines is 1. The smallest absolute Gasteiger partial charge is 0.206 e. The second-order valence-corrected chi connectivity index (χ2v) is 4.70. The fourth-order valence-corrected chi connectivity index (χ4v) is 2.20. The Labute approximate surface area is 112 Å². The summed E-state index contributed by atoms with van der Waals surface area (Å²) in [6, 6.07) is 4.57. The van der Waals surface area contributed by atoms with Crippen molar-refractivity contribution in [3.63, 3.8) is 0 Å². The van der Waals surface area contributed by atoms with E-state index in [1.165, 1.54) is 12.1 Å². The molecule has 2 aromatic rings. The highest BCUT2D eigenvalue weighted by Crippen LogP contribution is 2.23. The third kappa shape index (κ3) is 2.87. The molecule has 4 nitrogen and oxygen atoms in total.